The van der Waals surface area contributed by atoms with E-state index >= 15 is 0 Å². The standard InChI is InChI=1S/C16H18F2OSi/c1-4-19-20(2,3)16-7-5-12(6-8-16)13-9-14(17)11-15(18)10-13/h5-11H,4H2,1-3H3. The highest BCUT2D eigenvalue weighted by molar-refractivity contribution is 6.84. The Bertz CT molecular complexity index is 574. The molecule has 4 heteroatoms. The molecule has 20 heavy (non-hydrogen) atoms. The molecule has 2 aromatic rings. The summed E-state index contributed by atoms with van der Waals surface area (Å²) < 4.78 is 32.3. The third-order valence-corrected chi connectivity index (χ3v) is 6.02. The van der Waals surface area contributed by atoms with E-state index in [2.05, 4.69) is 13.1 Å². The number of hydrogen-bond acceptors (Lipinski definition) is 1. The smallest absolute Gasteiger partial charge is 0.218 e. The molecule has 0 atom stereocenters. The van der Waals surface area contributed by atoms with Crippen molar-refractivity contribution in [1.82, 2.24) is 0 Å². The van der Waals surface area contributed by atoms with Gasteiger partial charge in [0.05, 0.1) is 0 Å². The van der Waals surface area contributed by atoms with Crippen molar-refractivity contribution in [3.05, 3.63) is 54.1 Å². The van der Waals surface area contributed by atoms with Gasteiger partial charge in [0.15, 0.2) is 0 Å². The van der Waals surface area contributed by atoms with Gasteiger partial charge >= 0.3 is 0 Å². The quantitative estimate of drug-likeness (QED) is 0.772. The van der Waals surface area contributed by atoms with E-state index < -0.39 is 20.0 Å². The predicted octanol–water partition coefficient (Wildman–Crippen LogP) is 4.08. The molecular weight excluding hydrogens is 274 g/mol. The summed E-state index contributed by atoms with van der Waals surface area (Å²) in [6.07, 6.45) is 0. The molecule has 0 aromatic heterocycles. The maximum atomic E-state index is 13.2. The molecule has 0 spiro atoms. The SMILES string of the molecule is CCO[Si](C)(C)c1ccc(-c2cc(F)cc(F)c2)cc1. The van der Waals surface area contributed by atoms with Gasteiger partial charge in [0, 0.05) is 12.7 Å². The van der Waals surface area contributed by atoms with Gasteiger partial charge in [0.2, 0.25) is 8.32 Å². The molecule has 0 unspecified atom stereocenters. The average molecular weight is 292 g/mol. The summed E-state index contributed by atoms with van der Waals surface area (Å²) in [5.41, 5.74) is 1.35. The molecule has 2 rings (SSSR count). The van der Waals surface area contributed by atoms with E-state index in [-0.39, 0.29) is 0 Å². The second-order valence-corrected chi connectivity index (χ2v) is 9.07. The Balaban J connectivity index is 2.32. The van der Waals surface area contributed by atoms with Gasteiger partial charge in [-0.3, -0.25) is 0 Å². The molecular formula is C16H18F2OSi. The summed E-state index contributed by atoms with van der Waals surface area (Å²) >= 11 is 0. The van der Waals surface area contributed by atoms with Crippen LogP contribution in [0.5, 0.6) is 0 Å². The van der Waals surface area contributed by atoms with Crippen molar-refractivity contribution in [3.8, 4) is 11.1 Å². The van der Waals surface area contributed by atoms with Gasteiger partial charge in [0.25, 0.3) is 0 Å². The number of benzene rings is 2. The largest absolute Gasteiger partial charge is 0.413 e. The lowest BCUT2D eigenvalue weighted by Gasteiger charge is -2.22. The molecule has 1 nitrogen and oxygen atoms in total. The molecule has 106 valence electrons. The molecule has 0 heterocycles. The normalized spacial score (nSPS) is 11.7. The van der Waals surface area contributed by atoms with Gasteiger partial charge in [-0.2, -0.15) is 0 Å². The molecule has 0 N–H and O–H groups in total. The molecule has 0 fully saturated rings. The molecule has 0 saturated carbocycles. The lowest BCUT2D eigenvalue weighted by Crippen LogP contribution is -2.44. The van der Waals surface area contributed by atoms with Gasteiger partial charge in [-0.25, -0.2) is 8.78 Å². The Morgan fingerprint density at radius 2 is 1.45 bits per heavy atom. The first-order chi connectivity index (χ1) is 9.42. The van der Waals surface area contributed by atoms with Crippen molar-refractivity contribution in [1.29, 1.82) is 0 Å². The minimum atomic E-state index is -1.87. The van der Waals surface area contributed by atoms with E-state index in [1.165, 1.54) is 17.3 Å². The fourth-order valence-electron chi connectivity index (χ4n) is 2.23. The zero-order valence-corrected chi connectivity index (χ0v) is 12.9. The van der Waals surface area contributed by atoms with Crippen LogP contribution in [0.3, 0.4) is 0 Å². The van der Waals surface area contributed by atoms with Crippen LogP contribution >= 0.6 is 0 Å². The molecule has 0 radical (unpaired) electrons. The van der Waals surface area contributed by atoms with Gasteiger partial charge < -0.3 is 4.43 Å². The average Bonchev–Trinajstić information content (AvgIpc) is 2.38. The fraction of sp³-hybridized carbons (Fsp3) is 0.250. The Morgan fingerprint density at radius 1 is 0.900 bits per heavy atom. The topological polar surface area (TPSA) is 9.23 Å². The Kier molecular flexibility index (Phi) is 4.35. The van der Waals surface area contributed by atoms with E-state index in [0.29, 0.717) is 12.2 Å². The van der Waals surface area contributed by atoms with Gasteiger partial charge in [0.1, 0.15) is 11.6 Å². The van der Waals surface area contributed by atoms with Crippen LogP contribution in [-0.2, 0) is 4.43 Å². The summed E-state index contributed by atoms with van der Waals surface area (Å²) in [6.45, 7) is 6.94. The van der Waals surface area contributed by atoms with Gasteiger partial charge in [-0.1, -0.05) is 24.3 Å². The third-order valence-electron chi connectivity index (χ3n) is 3.28. The predicted molar refractivity (Wildman–Crippen MR) is 80.5 cm³/mol. The van der Waals surface area contributed by atoms with Gasteiger partial charge in [-0.05, 0) is 48.5 Å². The van der Waals surface area contributed by atoms with E-state index in [9.17, 15) is 8.78 Å². The highest BCUT2D eigenvalue weighted by Gasteiger charge is 2.24. The third kappa shape index (κ3) is 3.32. The zero-order chi connectivity index (χ0) is 14.8. The van der Waals surface area contributed by atoms with Crippen molar-refractivity contribution in [3.63, 3.8) is 0 Å². The maximum absolute atomic E-state index is 13.2. The Morgan fingerprint density at radius 3 is 1.95 bits per heavy atom. The van der Waals surface area contributed by atoms with Crippen LogP contribution < -0.4 is 5.19 Å². The zero-order valence-electron chi connectivity index (χ0n) is 11.9. The lowest BCUT2D eigenvalue weighted by atomic mass is 10.1. The van der Waals surface area contributed by atoms with E-state index in [4.69, 9.17) is 4.43 Å². The molecule has 2 aromatic carbocycles. The first-order valence-corrected chi connectivity index (χ1v) is 9.54. The van der Waals surface area contributed by atoms with Crippen molar-refractivity contribution < 1.29 is 13.2 Å². The van der Waals surface area contributed by atoms with E-state index in [0.717, 1.165) is 11.6 Å². The van der Waals surface area contributed by atoms with Crippen LogP contribution in [0.1, 0.15) is 6.92 Å². The lowest BCUT2D eigenvalue weighted by molar-refractivity contribution is 0.339. The van der Waals surface area contributed by atoms with Crippen LogP contribution in [0.25, 0.3) is 11.1 Å². The maximum Gasteiger partial charge on any atom is 0.218 e. The van der Waals surface area contributed by atoms with Crippen LogP contribution in [0.4, 0.5) is 8.78 Å². The minimum absolute atomic E-state index is 0.546. The van der Waals surface area contributed by atoms with Crippen molar-refractivity contribution in [2.75, 3.05) is 6.61 Å². The number of halogens is 2. The van der Waals surface area contributed by atoms with E-state index in [1.807, 2.05) is 31.2 Å². The highest BCUT2D eigenvalue weighted by Crippen LogP contribution is 2.21. The fourth-order valence-corrected chi connectivity index (χ4v) is 4.09. The Labute approximate surface area is 119 Å². The molecule has 0 aliphatic heterocycles. The Hall–Kier alpha value is -1.52. The van der Waals surface area contributed by atoms with E-state index in [1.54, 1.807) is 0 Å². The summed E-state index contributed by atoms with van der Waals surface area (Å²) in [7, 11) is -1.87. The van der Waals surface area contributed by atoms with Crippen molar-refractivity contribution in [2.45, 2.75) is 20.0 Å². The summed E-state index contributed by atoms with van der Waals surface area (Å²) in [5, 5.41) is 1.17. The minimum Gasteiger partial charge on any atom is -0.413 e. The second kappa shape index (κ2) is 5.85. The second-order valence-electron chi connectivity index (χ2n) is 5.18. The molecule has 0 aliphatic rings. The molecule has 0 saturated heterocycles. The first kappa shape index (κ1) is 14.9. The summed E-state index contributed by atoms with van der Waals surface area (Å²) in [5.74, 6) is -1.12. The number of hydrogen-bond donors (Lipinski definition) is 0. The molecule has 0 amide bonds. The molecule has 0 aliphatic carbocycles. The first-order valence-electron chi connectivity index (χ1n) is 6.63. The van der Waals surface area contributed by atoms with Crippen LogP contribution in [0.2, 0.25) is 13.1 Å². The van der Waals surface area contributed by atoms with Crippen LogP contribution in [-0.4, -0.2) is 14.9 Å². The van der Waals surface area contributed by atoms with Crippen LogP contribution in [0.15, 0.2) is 42.5 Å². The monoisotopic (exact) mass is 292 g/mol. The van der Waals surface area contributed by atoms with Gasteiger partial charge in [-0.15, -0.1) is 0 Å². The highest BCUT2D eigenvalue weighted by atomic mass is 28.4. The molecule has 0 bridgehead atoms. The summed E-state index contributed by atoms with van der Waals surface area (Å²) in [4.78, 5) is 0. The van der Waals surface area contributed by atoms with Crippen molar-refractivity contribution in [2.24, 2.45) is 0 Å². The van der Waals surface area contributed by atoms with Crippen molar-refractivity contribution >= 4 is 13.5 Å². The van der Waals surface area contributed by atoms with Crippen LogP contribution in [0, 0.1) is 11.6 Å². The number of rotatable bonds is 4. The summed E-state index contributed by atoms with van der Waals surface area (Å²) in [6, 6.07) is 11.3.